The van der Waals surface area contributed by atoms with Crippen LogP contribution in [-0.4, -0.2) is 31.2 Å². The second-order valence-corrected chi connectivity index (χ2v) is 5.29. The van der Waals surface area contributed by atoms with E-state index in [1.165, 1.54) is 0 Å². The van der Waals surface area contributed by atoms with Crippen molar-refractivity contribution in [1.82, 2.24) is 4.90 Å². The lowest BCUT2D eigenvalue weighted by Crippen LogP contribution is -2.23. The van der Waals surface area contributed by atoms with E-state index in [-0.39, 0.29) is 12.1 Å². The molecule has 1 aromatic rings. The highest BCUT2D eigenvalue weighted by molar-refractivity contribution is 5.21. The topological polar surface area (TPSA) is 12.5 Å². The predicted molar refractivity (Wildman–Crippen MR) is 70.8 cm³/mol. The minimum Gasteiger partial charge on any atom is -0.381 e. The van der Waals surface area contributed by atoms with Gasteiger partial charge in [-0.3, -0.25) is 4.90 Å². The first-order valence-corrected chi connectivity index (χ1v) is 7.04. The number of likely N-dealkylation sites (tertiary alicyclic amines) is 1. The van der Waals surface area contributed by atoms with Gasteiger partial charge in [0, 0.05) is 25.3 Å². The molecule has 1 aromatic carbocycles. The molecule has 0 amide bonds. The van der Waals surface area contributed by atoms with Crippen LogP contribution in [0, 0.1) is 23.4 Å². The van der Waals surface area contributed by atoms with E-state index in [9.17, 15) is 13.2 Å². The van der Waals surface area contributed by atoms with Crippen LogP contribution in [0.1, 0.15) is 25.3 Å². The third-order valence-corrected chi connectivity index (χ3v) is 3.59. The third kappa shape index (κ3) is 3.73. The summed E-state index contributed by atoms with van der Waals surface area (Å²) in [7, 11) is 0. The molecule has 1 unspecified atom stereocenters. The Morgan fingerprint density at radius 2 is 2.00 bits per heavy atom. The van der Waals surface area contributed by atoms with Crippen LogP contribution >= 0.6 is 0 Å². The van der Waals surface area contributed by atoms with E-state index in [4.69, 9.17) is 4.74 Å². The lowest BCUT2D eigenvalue weighted by atomic mass is 10.1. The molecule has 0 spiro atoms. The Morgan fingerprint density at radius 3 is 2.75 bits per heavy atom. The molecule has 0 bridgehead atoms. The molecule has 0 saturated carbocycles. The van der Waals surface area contributed by atoms with Gasteiger partial charge < -0.3 is 4.74 Å². The van der Waals surface area contributed by atoms with Crippen LogP contribution in [0.15, 0.2) is 12.1 Å². The van der Waals surface area contributed by atoms with Gasteiger partial charge in [0.05, 0.1) is 6.61 Å². The van der Waals surface area contributed by atoms with Crippen LogP contribution in [0.5, 0.6) is 0 Å². The maximum atomic E-state index is 13.6. The van der Waals surface area contributed by atoms with Crippen molar-refractivity contribution in [2.24, 2.45) is 5.92 Å². The number of halogens is 3. The summed E-state index contributed by atoms with van der Waals surface area (Å²) in [5.41, 5.74) is -0.180. The molecule has 1 atom stereocenters. The van der Waals surface area contributed by atoms with Gasteiger partial charge in [0.2, 0.25) is 0 Å². The normalized spacial score (nSPS) is 19.7. The second-order valence-electron chi connectivity index (χ2n) is 5.29. The fourth-order valence-electron chi connectivity index (χ4n) is 2.52. The minimum absolute atomic E-state index is 0.111. The zero-order valence-electron chi connectivity index (χ0n) is 11.7. The molecule has 2 rings (SSSR count). The first-order chi connectivity index (χ1) is 9.61. The van der Waals surface area contributed by atoms with Crippen molar-refractivity contribution >= 4 is 0 Å². The van der Waals surface area contributed by atoms with Crippen molar-refractivity contribution < 1.29 is 17.9 Å². The maximum Gasteiger partial charge on any atom is 0.166 e. The van der Waals surface area contributed by atoms with Crippen molar-refractivity contribution in [1.29, 1.82) is 0 Å². The molecule has 20 heavy (non-hydrogen) atoms. The Morgan fingerprint density at radius 1 is 1.25 bits per heavy atom. The number of hydrogen-bond acceptors (Lipinski definition) is 2. The minimum atomic E-state index is -1.07. The molecule has 112 valence electrons. The van der Waals surface area contributed by atoms with Crippen molar-refractivity contribution in [2.75, 3.05) is 26.3 Å². The summed E-state index contributed by atoms with van der Waals surface area (Å²) in [5, 5.41) is 0. The second kappa shape index (κ2) is 7.09. The lowest BCUT2D eigenvalue weighted by Gasteiger charge is -2.17. The summed E-state index contributed by atoms with van der Waals surface area (Å²) < 4.78 is 45.8. The lowest BCUT2D eigenvalue weighted by molar-refractivity contribution is 0.101. The molecular weight excluding hydrogens is 267 g/mol. The Hall–Kier alpha value is -1.07. The van der Waals surface area contributed by atoms with E-state index in [1.807, 2.05) is 4.90 Å². The van der Waals surface area contributed by atoms with E-state index in [1.54, 1.807) is 0 Å². The summed E-state index contributed by atoms with van der Waals surface area (Å²) in [5.74, 6) is -2.37. The zero-order valence-corrected chi connectivity index (χ0v) is 11.7. The highest BCUT2D eigenvalue weighted by Gasteiger charge is 2.25. The van der Waals surface area contributed by atoms with Crippen molar-refractivity contribution in [2.45, 2.75) is 26.3 Å². The van der Waals surface area contributed by atoms with E-state index in [0.29, 0.717) is 12.5 Å². The number of nitrogens with zero attached hydrogens (tertiary/aromatic N) is 1. The third-order valence-electron chi connectivity index (χ3n) is 3.59. The monoisotopic (exact) mass is 287 g/mol. The molecular formula is C15H20F3NO. The van der Waals surface area contributed by atoms with Gasteiger partial charge in [-0.1, -0.05) is 6.92 Å². The summed E-state index contributed by atoms with van der Waals surface area (Å²) >= 11 is 0. The van der Waals surface area contributed by atoms with Crippen LogP contribution in [0.3, 0.4) is 0 Å². The first kappa shape index (κ1) is 15.3. The van der Waals surface area contributed by atoms with Gasteiger partial charge in [0.1, 0.15) is 5.82 Å². The van der Waals surface area contributed by atoms with Crippen LogP contribution in [-0.2, 0) is 11.3 Å². The molecule has 0 aromatic heterocycles. The molecule has 1 aliphatic heterocycles. The highest BCUT2D eigenvalue weighted by Crippen LogP contribution is 2.22. The maximum absolute atomic E-state index is 13.6. The summed E-state index contributed by atoms with van der Waals surface area (Å²) in [6.45, 7) is 5.08. The van der Waals surface area contributed by atoms with Crippen molar-refractivity contribution in [3.8, 4) is 0 Å². The Balaban J connectivity index is 1.91. The van der Waals surface area contributed by atoms with Gasteiger partial charge in [-0.25, -0.2) is 13.2 Å². The molecule has 1 heterocycles. The molecule has 0 aliphatic carbocycles. The van der Waals surface area contributed by atoms with Gasteiger partial charge in [0.15, 0.2) is 11.6 Å². The van der Waals surface area contributed by atoms with Crippen LogP contribution < -0.4 is 0 Å². The molecule has 1 saturated heterocycles. The van der Waals surface area contributed by atoms with E-state index >= 15 is 0 Å². The molecule has 1 aliphatic rings. The molecule has 0 radical (unpaired) electrons. The van der Waals surface area contributed by atoms with E-state index < -0.39 is 17.5 Å². The van der Waals surface area contributed by atoms with Crippen LogP contribution in [0.2, 0.25) is 0 Å². The molecule has 2 nitrogen and oxygen atoms in total. The van der Waals surface area contributed by atoms with Crippen molar-refractivity contribution in [3.05, 3.63) is 35.1 Å². The average Bonchev–Trinajstić information content (AvgIpc) is 2.87. The average molecular weight is 287 g/mol. The Bertz CT molecular complexity index is 453. The van der Waals surface area contributed by atoms with Gasteiger partial charge >= 0.3 is 0 Å². The summed E-state index contributed by atoms with van der Waals surface area (Å²) in [6.07, 6.45) is 1.93. The fourth-order valence-corrected chi connectivity index (χ4v) is 2.52. The largest absolute Gasteiger partial charge is 0.381 e. The SMILES string of the molecule is CCCOCC1CCN(Cc2c(F)ccc(F)c2F)C1. The molecule has 0 N–H and O–H groups in total. The van der Waals surface area contributed by atoms with E-state index in [0.717, 1.165) is 44.7 Å². The quantitative estimate of drug-likeness (QED) is 0.587. The standard InChI is InChI=1S/C15H20F3NO/c1-2-7-20-10-11-5-6-19(8-11)9-12-13(16)3-4-14(17)15(12)18/h3-4,11H,2,5-10H2,1H3. The number of rotatable bonds is 6. The van der Waals surface area contributed by atoms with Crippen molar-refractivity contribution in [3.63, 3.8) is 0 Å². The zero-order chi connectivity index (χ0) is 14.5. The summed E-state index contributed by atoms with van der Waals surface area (Å²) in [4.78, 5) is 1.95. The number of hydrogen-bond donors (Lipinski definition) is 0. The van der Waals surface area contributed by atoms with Crippen LogP contribution in [0.25, 0.3) is 0 Å². The molecule has 1 fully saturated rings. The number of ether oxygens (including phenoxy) is 1. The first-order valence-electron chi connectivity index (χ1n) is 7.04. The van der Waals surface area contributed by atoms with Gasteiger partial charge in [0.25, 0.3) is 0 Å². The fraction of sp³-hybridized carbons (Fsp3) is 0.600. The Labute approximate surface area is 117 Å². The number of benzene rings is 1. The molecule has 5 heteroatoms. The Kier molecular flexibility index (Phi) is 5.43. The van der Waals surface area contributed by atoms with E-state index in [2.05, 4.69) is 6.92 Å². The van der Waals surface area contributed by atoms with Crippen LogP contribution in [0.4, 0.5) is 13.2 Å². The highest BCUT2D eigenvalue weighted by atomic mass is 19.2. The van der Waals surface area contributed by atoms with Gasteiger partial charge in [-0.15, -0.1) is 0 Å². The predicted octanol–water partition coefficient (Wildman–Crippen LogP) is 3.35. The van der Waals surface area contributed by atoms with Gasteiger partial charge in [-0.05, 0) is 37.4 Å². The summed E-state index contributed by atoms with van der Waals surface area (Å²) in [6, 6.07) is 1.80. The smallest absolute Gasteiger partial charge is 0.166 e. The van der Waals surface area contributed by atoms with Gasteiger partial charge in [-0.2, -0.15) is 0 Å².